The van der Waals surface area contributed by atoms with Gasteiger partial charge < -0.3 is 0 Å². The van der Waals surface area contributed by atoms with E-state index in [1.165, 1.54) is 12.3 Å². The van der Waals surface area contributed by atoms with Crippen molar-refractivity contribution < 1.29 is 9.72 Å². The molecule has 0 atom stereocenters. The van der Waals surface area contributed by atoms with Gasteiger partial charge in [0.25, 0.3) is 5.91 Å². The summed E-state index contributed by atoms with van der Waals surface area (Å²) in [6.07, 6.45) is 1.39. The van der Waals surface area contributed by atoms with Gasteiger partial charge in [-0.3, -0.25) is 14.9 Å². The van der Waals surface area contributed by atoms with Crippen molar-refractivity contribution in [2.45, 2.75) is 0 Å². The number of hydrogen-bond donors (Lipinski definition) is 1. The molecule has 0 saturated carbocycles. The van der Waals surface area contributed by atoms with Crippen LogP contribution in [0.4, 0.5) is 5.00 Å². The van der Waals surface area contributed by atoms with Crippen molar-refractivity contribution in [3.05, 3.63) is 93.4 Å². The maximum absolute atomic E-state index is 12.8. The number of thiophene rings is 1. The van der Waals surface area contributed by atoms with E-state index in [0.717, 1.165) is 16.9 Å². The van der Waals surface area contributed by atoms with Crippen LogP contribution in [0.5, 0.6) is 0 Å². The maximum atomic E-state index is 12.8. The van der Waals surface area contributed by atoms with Gasteiger partial charge in [0.15, 0.2) is 0 Å². The average molecular weight is 402 g/mol. The lowest BCUT2D eigenvalue weighted by Crippen LogP contribution is -2.18. The number of benzene rings is 2. The molecule has 0 aliphatic carbocycles. The van der Waals surface area contributed by atoms with Crippen LogP contribution in [-0.2, 0) is 0 Å². The van der Waals surface area contributed by atoms with Gasteiger partial charge in [-0.1, -0.05) is 59.9 Å². The SMILES string of the molecule is O=C(N/N=C/c1ccc([N+](=O)[O-])s1)c1cc(-c2ccccc2)nc2ccccc12. The predicted molar refractivity (Wildman–Crippen MR) is 113 cm³/mol. The van der Waals surface area contributed by atoms with E-state index in [1.807, 2.05) is 54.6 Å². The maximum Gasteiger partial charge on any atom is 0.324 e. The molecule has 1 N–H and O–H groups in total. The third-order valence-electron chi connectivity index (χ3n) is 4.18. The summed E-state index contributed by atoms with van der Waals surface area (Å²) in [6.45, 7) is 0. The van der Waals surface area contributed by atoms with E-state index in [0.29, 0.717) is 27.0 Å². The molecular weight excluding hydrogens is 388 g/mol. The number of para-hydroxylation sites is 1. The number of amides is 1. The summed E-state index contributed by atoms with van der Waals surface area (Å²) in [5.74, 6) is -0.386. The largest absolute Gasteiger partial charge is 0.324 e. The zero-order valence-corrected chi connectivity index (χ0v) is 15.8. The summed E-state index contributed by atoms with van der Waals surface area (Å²) in [7, 11) is 0. The Bertz CT molecular complexity index is 1240. The zero-order valence-electron chi connectivity index (χ0n) is 15.0. The van der Waals surface area contributed by atoms with Crippen LogP contribution in [0, 0.1) is 10.1 Å². The van der Waals surface area contributed by atoms with Crippen molar-refractivity contribution in [3.8, 4) is 11.3 Å². The topological polar surface area (TPSA) is 97.5 Å². The van der Waals surface area contributed by atoms with Gasteiger partial charge in [-0.15, -0.1) is 0 Å². The third-order valence-corrected chi connectivity index (χ3v) is 5.15. The quantitative estimate of drug-likeness (QED) is 0.299. The Morgan fingerprint density at radius 2 is 1.83 bits per heavy atom. The molecule has 1 amide bonds. The zero-order chi connectivity index (χ0) is 20.2. The number of nitrogens with zero attached hydrogens (tertiary/aromatic N) is 3. The van der Waals surface area contributed by atoms with Gasteiger partial charge in [0.1, 0.15) is 0 Å². The number of hydrogen-bond acceptors (Lipinski definition) is 6. The minimum absolute atomic E-state index is 0.0189. The van der Waals surface area contributed by atoms with Crippen molar-refractivity contribution in [2.75, 3.05) is 0 Å². The average Bonchev–Trinajstić information content (AvgIpc) is 3.23. The van der Waals surface area contributed by atoms with Crippen molar-refractivity contribution in [1.29, 1.82) is 0 Å². The van der Waals surface area contributed by atoms with Crippen LogP contribution < -0.4 is 5.43 Å². The lowest BCUT2D eigenvalue weighted by Gasteiger charge is -2.09. The molecule has 7 nitrogen and oxygen atoms in total. The van der Waals surface area contributed by atoms with Gasteiger partial charge in [-0.2, -0.15) is 5.10 Å². The molecule has 0 saturated heterocycles. The summed E-state index contributed by atoms with van der Waals surface area (Å²) in [4.78, 5) is 28.3. The van der Waals surface area contributed by atoms with Gasteiger partial charge in [0.2, 0.25) is 0 Å². The number of carbonyl (C=O) groups excluding carboxylic acids is 1. The van der Waals surface area contributed by atoms with Crippen LogP contribution in [0.15, 0.2) is 77.9 Å². The molecular formula is C21H14N4O3S. The van der Waals surface area contributed by atoms with Crippen LogP contribution in [0.1, 0.15) is 15.2 Å². The molecule has 29 heavy (non-hydrogen) atoms. The lowest BCUT2D eigenvalue weighted by molar-refractivity contribution is -0.380. The Morgan fingerprint density at radius 3 is 2.59 bits per heavy atom. The molecule has 4 rings (SSSR count). The summed E-state index contributed by atoms with van der Waals surface area (Å²) in [6, 6.07) is 21.7. The molecule has 8 heteroatoms. The van der Waals surface area contributed by atoms with Crippen LogP contribution in [-0.4, -0.2) is 22.0 Å². The molecule has 2 aromatic heterocycles. The van der Waals surface area contributed by atoms with Crippen molar-refractivity contribution >= 4 is 39.4 Å². The second-order valence-corrected chi connectivity index (χ2v) is 7.16. The van der Waals surface area contributed by atoms with Gasteiger partial charge in [-0.25, -0.2) is 10.4 Å². The summed E-state index contributed by atoms with van der Waals surface area (Å²) < 4.78 is 0. The number of fused-ring (bicyclic) bond motifs is 1. The van der Waals surface area contributed by atoms with Crippen LogP contribution in [0.3, 0.4) is 0 Å². The minimum atomic E-state index is -0.463. The summed E-state index contributed by atoms with van der Waals surface area (Å²) in [5, 5.41) is 15.4. The Labute approximate surface area is 169 Å². The molecule has 0 bridgehead atoms. The fourth-order valence-electron chi connectivity index (χ4n) is 2.84. The van der Waals surface area contributed by atoms with Crippen LogP contribution in [0.2, 0.25) is 0 Å². The van der Waals surface area contributed by atoms with E-state index in [2.05, 4.69) is 15.5 Å². The lowest BCUT2D eigenvalue weighted by atomic mass is 10.0. The van der Waals surface area contributed by atoms with E-state index in [9.17, 15) is 14.9 Å². The first-order valence-electron chi connectivity index (χ1n) is 8.64. The van der Waals surface area contributed by atoms with Crippen molar-refractivity contribution in [3.63, 3.8) is 0 Å². The summed E-state index contributed by atoms with van der Waals surface area (Å²) >= 11 is 0.981. The smallest absolute Gasteiger partial charge is 0.267 e. The predicted octanol–water partition coefficient (Wildman–Crippen LogP) is 4.64. The molecule has 0 aliphatic rings. The number of hydrazone groups is 1. The molecule has 0 aliphatic heterocycles. The van der Waals surface area contributed by atoms with E-state index in [4.69, 9.17) is 0 Å². The number of rotatable bonds is 5. The van der Waals surface area contributed by atoms with Crippen molar-refractivity contribution in [2.24, 2.45) is 5.10 Å². The molecule has 0 fully saturated rings. The highest BCUT2D eigenvalue weighted by atomic mass is 32.1. The number of carbonyl (C=O) groups is 1. The number of aromatic nitrogens is 1. The second kappa shape index (κ2) is 7.99. The Hall–Kier alpha value is -3.91. The van der Waals surface area contributed by atoms with Gasteiger partial charge in [0.05, 0.1) is 32.8 Å². The highest BCUT2D eigenvalue weighted by Gasteiger charge is 2.14. The molecule has 142 valence electrons. The van der Waals surface area contributed by atoms with E-state index in [1.54, 1.807) is 12.1 Å². The molecule has 4 aromatic rings. The molecule has 0 unspecified atom stereocenters. The number of pyridine rings is 1. The normalized spacial score (nSPS) is 11.0. The Kier molecular flexibility index (Phi) is 5.08. The van der Waals surface area contributed by atoms with E-state index in [-0.39, 0.29) is 10.9 Å². The monoisotopic (exact) mass is 402 g/mol. The molecule has 0 radical (unpaired) electrons. The first kappa shape index (κ1) is 18.5. The minimum Gasteiger partial charge on any atom is -0.267 e. The Morgan fingerprint density at radius 1 is 1.07 bits per heavy atom. The van der Waals surface area contributed by atoms with Crippen LogP contribution in [0.25, 0.3) is 22.2 Å². The number of nitro groups is 1. The second-order valence-electron chi connectivity index (χ2n) is 6.07. The molecule has 0 spiro atoms. The fraction of sp³-hybridized carbons (Fsp3) is 0. The van der Waals surface area contributed by atoms with Crippen LogP contribution >= 0.6 is 11.3 Å². The fourth-order valence-corrected chi connectivity index (χ4v) is 3.54. The van der Waals surface area contributed by atoms with E-state index < -0.39 is 4.92 Å². The Balaban J connectivity index is 1.64. The van der Waals surface area contributed by atoms with Gasteiger partial charge >= 0.3 is 5.00 Å². The number of nitrogens with one attached hydrogen (secondary N) is 1. The highest BCUT2D eigenvalue weighted by Crippen LogP contribution is 2.25. The first-order valence-corrected chi connectivity index (χ1v) is 9.46. The van der Waals surface area contributed by atoms with Crippen molar-refractivity contribution in [1.82, 2.24) is 10.4 Å². The summed E-state index contributed by atoms with van der Waals surface area (Å²) in [5.41, 5.74) is 5.24. The standard InChI is InChI=1S/C21H14N4O3S/c26-21(24-22-13-15-10-11-20(29-15)25(27)28)17-12-19(14-6-2-1-3-7-14)23-18-9-5-4-8-16(17)18/h1-13H,(H,24,26)/b22-13+. The van der Waals surface area contributed by atoms with E-state index >= 15 is 0 Å². The molecule has 2 heterocycles. The highest BCUT2D eigenvalue weighted by molar-refractivity contribution is 7.16. The third kappa shape index (κ3) is 4.02. The van der Waals surface area contributed by atoms with Gasteiger partial charge in [0, 0.05) is 17.0 Å². The first-order chi connectivity index (χ1) is 14.1. The van der Waals surface area contributed by atoms with Gasteiger partial charge in [-0.05, 0) is 18.2 Å². The molecule has 2 aromatic carbocycles.